The molecule has 0 unspecified atom stereocenters. The van der Waals surface area contributed by atoms with Crippen molar-refractivity contribution in [2.24, 2.45) is 0 Å². The predicted octanol–water partition coefficient (Wildman–Crippen LogP) is 5.16. The summed E-state index contributed by atoms with van der Waals surface area (Å²) in [4.78, 5) is 0. The molecule has 1 aromatic heterocycles. The summed E-state index contributed by atoms with van der Waals surface area (Å²) >= 11 is 7.24. The Morgan fingerprint density at radius 3 is 2.21 bits per heavy atom. The van der Waals surface area contributed by atoms with Crippen LogP contribution in [0.1, 0.15) is 0 Å². The van der Waals surface area contributed by atoms with Crippen molar-refractivity contribution < 1.29 is 8.78 Å². The van der Waals surface area contributed by atoms with Crippen LogP contribution in [0, 0.1) is 11.6 Å². The Kier molecular flexibility index (Phi) is 3.36. The van der Waals surface area contributed by atoms with Gasteiger partial charge in [-0.3, -0.25) is 0 Å². The highest BCUT2D eigenvalue weighted by Crippen LogP contribution is 2.37. The second-order valence-electron chi connectivity index (χ2n) is 3.79. The highest BCUT2D eigenvalue weighted by molar-refractivity contribution is 9.11. The smallest absolute Gasteiger partial charge is 0.176 e. The Morgan fingerprint density at radius 1 is 0.895 bits per heavy atom. The average Bonchev–Trinajstić information content (AvgIpc) is 2.88. The molecular formula is C12H4Br2F2N2S. The standard InChI is InChI=1S/C12H4Br2F2N2S/c13-6-3-1-5(2-4-6)7-9(15)10(16)8(14)12-11(7)17-19-18-12/h1-4H. The van der Waals surface area contributed by atoms with Crippen molar-refractivity contribution in [2.75, 3.05) is 0 Å². The summed E-state index contributed by atoms with van der Waals surface area (Å²) in [6.07, 6.45) is 0. The Labute approximate surface area is 128 Å². The van der Waals surface area contributed by atoms with E-state index in [9.17, 15) is 8.78 Å². The van der Waals surface area contributed by atoms with Crippen LogP contribution in [0.2, 0.25) is 0 Å². The van der Waals surface area contributed by atoms with Gasteiger partial charge in [0.25, 0.3) is 0 Å². The normalized spacial score (nSPS) is 11.2. The lowest BCUT2D eigenvalue weighted by Crippen LogP contribution is -1.94. The molecule has 0 saturated carbocycles. The first-order valence-corrected chi connectivity index (χ1v) is 7.46. The minimum absolute atomic E-state index is 0.00890. The molecule has 0 amide bonds. The van der Waals surface area contributed by atoms with E-state index in [1.807, 2.05) is 0 Å². The van der Waals surface area contributed by atoms with Crippen LogP contribution in [0.25, 0.3) is 22.2 Å². The molecule has 96 valence electrons. The van der Waals surface area contributed by atoms with E-state index < -0.39 is 11.6 Å². The molecule has 0 fully saturated rings. The molecular weight excluding hydrogens is 402 g/mol. The van der Waals surface area contributed by atoms with Crippen LogP contribution >= 0.6 is 43.6 Å². The first kappa shape index (κ1) is 13.1. The number of hydrogen-bond donors (Lipinski definition) is 0. The molecule has 2 nitrogen and oxygen atoms in total. The molecule has 0 aliphatic rings. The average molecular weight is 406 g/mol. The second kappa shape index (κ2) is 4.88. The molecule has 0 N–H and O–H groups in total. The summed E-state index contributed by atoms with van der Waals surface area (Å²) in [5.74, 6) is -1.87. The quantitative estimate of drug-likeness (QED) is 0.522. The lowest BCUT2D eigenvalue weighted by molar-refractivity contribution is 0.509. The van der Waals surface area contributed by atoms with Crippen LogP contribution in [-0.4, -0.2) is 8.75 Å². The van der Waals surface area contributed by atoms with Gasteiger partial charge in [0.05, 0.1) is 16.2 Å². The molecule has 19 heavy (non-hydrogen) atoms. The van der Waals surface area contributed by atoms with Gasteiger partial charge in [-0.25, -0.2) is 8.78 Å². The maximum atomic E-state index is 14.2. The lowest BCUT2D eigenvalue weighted by atomic mass is 10.0. The Bertz CT molecular complexity index is 771. The molecule has 2 aromatic carbocycles. The van der Waals surface area contributed by atoms with Crippen molar-refractivity contribution in [2.45, 2.75) is 0 Å². The third-order valence-electron chi connectivity index (χ3n) is 2.67. The molecule has 0 aliphatic heterocycles. The summed E-state index contributed by atoms with van der Waals surface area (Å²) in [7, 11) is 0. The molecule has 1 heterocycles. The van der Waals surface area contributed by atoms with Crippen molar-refractivity contribution >= 4 is 54.6 Å². The highest BCUT2D eigenvalue weighted by Gasteiger charge is 2.22. The molecule has 0 bridgehead atoms. The fraction of sp³-hybridized carbons (Fsp3) is 0. The van der Waals surface area contributed by atoms with Gasteiger partial charge in [0.15, 0.2) is 11.6 Å². The van der Waals surface area contributed by atoms with Gasteiger partial charge in [-0.1, -0.05) is 28.1 Å². The zero-order valence-electron chi connectivity index (χ0n) is 9.12. The number of halogens is 4. The first-order chi connectivity index (χ1) is 9.09. The monoisotopic (exact) mass is 404 g/mol. The van der Waals surface area contributed by atoms with Gasteiger partial charge >= 0.3 is 0 Å². The fourth-order valence-corrected chi connectivity index (χ4v) is 3.18. The van der Waals surface area contributed by atoms with Crippen LogP contribution < -0.4 is 0 Å². The Morgan fingerprint density at radius 2 is 1.53 bits per heavy atom. The van der Waals surface area contributed by atoms with E-state index in [1.54, 1.807) is 24.3 Å². The predicted molar refractivity (Wildman–Crippen MR) is 78.2 cm³/mol. The lowest BCUT2D eigenvalue weighted by Gasteiger charge is -2.07. The van der Waals surface area contributed by atoms with Crippen LogP contribution in [0.15, 0.2) is 33.2 Å². The summed E-state index contributed by atoms with van der Waals surface area (Å²) in [5, 5.41) is 0. The second-order valence-corrected chi connectivity index (χ2v) is 6.02. The zero-order valence-corrected chi connectivity index (χ0v) is 13.1. The van der Waals surface area contributed by atoms with Gasteiger partial charge < -0.3 is 0 Å². The van der Waals surface area contributed by atoms with Crippen molar-refractivity contribution in [3.8, 4) is 11.1 Å². The van der Waals surface area contributed by atoms with E-state index in [-0.39, 0.29) is 10.0 Å². The molecule has 0 radical (unpaired) electrons. The van der Waals surface area contributed by atoms with Gasteiger partial charge in [-0.2, -0.15) is 8.75 Å². The van der Waals surface area contributed by atoms with Crippen molar-refractivity contribution in [3.63, 3.8) is 0 Å². The minimum atomic E-state index is -0.946. The number of rotatable bonds is 1. The third kappa shape index (κ3) is 2.09. The molecule has 0 spiro atoms. The number of fused-ring (bicyclic) bond motifs is 1. The molecule has 7 heteroatoms. The number of hydrogen-bond acceptors (Lipinski definition) is 3. The van der Waals surface area contributed by atoms with Crippen LogP contribution in [0.4, 0.5) is 8.78 Å². The van der Waals surface area contributed by atoms with Crippen LogP contribution in [0.3, 0.4) is 0 Å². The molecule has 0 aliphatic carbocycles. The molecule has 3 rings (SSSR count). The van der Waals surface area contributed by atoms with E-state index in [4.69, 9.17) is 0 Å². The minimum Gasteiger partial charge on any atom is -0.203 e. The maximum absolute atomic E-state index is 14.2. The molecule has 0 atom stereocenters. The summed E-state index contributed by atoms with van der Waals surface area (Å²) in [6, 6.07) is 6.93. The summed E-state index contributed by atoms with van der Waals surface area (Å²) in [6.45, 7) is 0. The van der Waals surface area contributed by atoms with E-state index in [2.05, 4.69) is 40.6 Å². The Hall–Kier alpha value is -0.920. The highest BCUT2D eigenvalue weighted by atomic mass is 79.9. The van der Waals surface area contributed by atoms with Gasteiger partial charge in [0.1, 0.15) is 11.0 Å². The topological polar surface area (TPSA) is 25.8 Å². The van der Waals surface area contributed by atoms with Crippen molar-refractivity contribution in [1.82, 2.24) is 8.75 Å². The molecule has 0 saturated heterocycles. The van der Waals surface area contributed by atoms with E-state index in [1.165, 1.54) is 0 Å². The number of nitrogens with zero attached hydrogens (tertiary/aromatic N) is 2. The van der Waals surface area contributed by atoms with Gasteiger partial charge in [0, 0.05) is 10.0 Å². The van der Waals surface area contributed by atoms with E-state index >= 15 is 0 Å². The third-order valence-corrected chi connectivity index (χ3v) is 4.45. The van der Waals surface area contributed by atoms with Gasteiger partial charge in [-0.15, -0.1) is 0 Å². The fourth-order valence-electron chi connectivity index (χ4n) is 1.79. The number of aromatic nitrogens is 2. The first-order valence-electron chi connectivity index (χ1n) is 5.14. The van der Waals surface area contributed by atoms with Gasteiger partial charge in [0.2, 0.25) is 0 Å². The Balaban J connectivity index is 2.40. The maximum Gasteiger partial charge on any atom is 0.176 e. The molecule has 3 aromatic rings. The summed E-state index contributed by atoms with van der Waals surface area (Å²) in [5.41, 5.74) is 1.39. The van der Waals surface area contributed by atoms with Crippen LogP contribution in [-0.2, 0) is 0 Å². The van der Waals surface area contributed by atoms with Crippen molar-refractivity contribution in [1.29, 1.82) is 0 Å². The van der Waals surface area contributed by atoms with E-state index in [0.29, 0.717) is 16.6 Å². The largest absolute Gasteiger partial charge is 0.203 e. The number of benzene rings is 2. The van der Waals surface area contributed by atoms with Crippen LogP contribution in [0.5, 0.6) is 0 Å². The van der Waals surface area contributed by atoms with Crippen molar-refractivity contribution in [3.05, 3.63) is 44.8 Å². The summed E-state index contributed by atoms with van der Waals surface area (Å²) < 4.78 is 37.0. The SMILES string of the molecule is Fc1c(F)c(-c2ccc(Br)cc2)c2nsnc2c1Br. The van der Waals surface area contributed by atoms with Gasteiger partial charge in [-0.05, 0) is 33.6 Å². The zero-order chi connectivity index (χ0) is 13.6. The van der Waals surface area contributed by atoms with E-state index in [0.717, 1.165) is 16.2 Å².